The SMILES string of the molecule is CCN1C(=S)N[C@H](c2ccccn2)[C@@H]1c1cc(C)n(-c2ccc(C)cc2)c1C. The van der Waals surface area contributed by atoms with Gasteiger partial charge >= 0.3 is 0 Å². The number of benzene rings is 1. The zero-order valence-corrected chi connectivity index (χ0v) is 17.6. The number of nitrogens with one attached hydrogen (secondary N) is 1. The summed E-state index contributed by atoms with van der Waals surface area (Å²) in [5, 5.41) is 4.30. The van der Waals surface area contributed by atoms with Crippen LogP contribution in [0.15, 0.2) is 54.7 Å². The van der Waals surface area contributed by atoms with E-state index in [1.165, 1.54) is 28.2 Å². The third-order valence-electron chi connectivity index (χ3n) is 5.62. The molecule has 4 rings (SSSR count). The number of hydrogen-bond acceptors (Lipinski definition) is 2. The zero-order chi connectivity index (χ0) is 19.8. The van der Waals surface area contributed by atoms with Gasteiger partial charge in [-0.2, -0.15) is 0 Å². The molecule has 4 nitrogen and oxygen atoms in total. The molecular formula is C23H26N4S. The van der Waals surface area contributed by atoms with Crippen LogP contribution in [0.1, 0.15) is 47.2 Å². The third-order valence-corrected chi connectivity index (χ3v) is 5.97. The lowest BCUT2D eigenvalue weighted by Gasteiger charge is -2.27. The van der Waals surface area contributed by atoms with Crippen molar-refractivity contribution in [3.05, 3.63) is 82.9 Å². The maximum Gasteiger partial charge on any atom is 0.170 e. The first-order valence-corrected chi connectivity index (χ1v) is 10.2. The van der Waals surface area contributed by atoms with Crippen molar-refractivity contribution in [1.29, 1.82) is 0 Å². The summed E-state index contributed by atoms with van der Waals surface area (Å²) in [6, 6.07) is 17.2. The number of aromatic nitrogens is 2. The minimum atomic E-state index is 0.0422. The van der Waals surface area contributed by atoms with Crippen LogP contribution in [0, 0.1) is 20.8 Å². The third kappa shape index (κ3) is 3.10. The van der Waals surface area contributed by atoms with Crippen molar-refractivity contribution in [2.45, 2.75) is 39.8 Å². The Morgan fingerprint density at radius 1 is 1.07 bits per heavy atom. The van der Waals surface area contributed by atoms with Gasteiger partial charge in [0.05, 0.1) is 17.8 Å². The summed E-state index contributed by atoms with van der Waals surface area (Å²) in [4.78, 5) is 6.88. The molecule has 0 unspecified atom stereocenters. The van der Waals surface area contributed by atoms with Gasteiger partial charge in [-0.3, -0.25) is 4.98 Å². The van der Waals surface area contributed by atoms with Gasteiger partial charge in [-0.1, -0.05) is 23.8 Å². The molecule has 2 aromatic heterocycles. The molecule has 0 radical (unpaired) electrons. The van der Waals surface area contributed by atoms with Crippen LogP contribution in [0.5, 0.6) is 0 Å². The van der Waals surface area contributed by atoms with Crippen molar-refractivity contribution in [2.75, 3.05) is 6.54 Å². The van der Waals surface area contributed by atoms with Crippen LogP contribution in [-0.2, 0) is 0 Å². The van der Waals surface area contributed by atoms with Crippen LogP contribution in [0.3, 0.4) is 0 Å². The first kappa shape index (κ1) is 18.7. The second-order valence-corrected chi connectivity index (χ2v) is 7.80. The fraction of sp³-hybridized carbons (Fsp3) is 0.304. The maximum absolute atomic E-state index is 5.66. The van der Waals surface area contributed by atoms with E-state index < -0.39 is 0 Å². The van der Waals surface area contributed by atoms with Gasteiger partial charge in [-0.15, -0.1) is 0 Å². The van der Waals surface area contributed by atoms with E-state index in [1.807, 2.05) is 18.3 Å². The van der Waals surface area contributed by atoms with Gasteiger partial charge in [-0.05, 0) is 75.8 Å². The summed E-state index contributed by atoms with van der Waals surface area (Å²) < 4.78 is 2.33. The predicted octanol–water partition coefficient (Wildman–Crippen LogP) is 4.79. The largest absolute Gasteiger partial charge is 0.352 e. The first-order valence-electron chi connectivity index (χ1n) is 9.75. The molecule has 144 valence electrons. The normalized spacial score (nSPS) is 19.1. The number of pyridine rings is 1. The molecule has 5 heteroatoms. The minimum Gasteiger partial charge on any atom is -0.352 e. The molecule has 1 N–H and O–H groups in total. The average molecular weight is 391 g/mol. The summed E-state index contributed by atoms with van der Waals surface area (Å²) in [5.74, 6) is 0. The quantitative estimate of drug-likeness (QED) is 0.650. The molecule has 3 heterocycles. The summed E-state index contributed by atoms with van der Waals surface area (Å²) in [5.41, 5.74) is 7.25. The molecule has 1 aliphatic rings. The van der Waals surface area contributed by atoms with Gasteiger partial charge in [0.25, 0.3) is 0 Å². The molecule has 0 aliphatic carbocycles. The Balaban J connectivity index is 1.82. The van der Waals surface area contributed by atoms with Crippen molar-refractivity contribution in [3.63, 3.8) is 0 Å². The molecule has 1 aliphatic heterocycles. The fourth-order valence-electron chi connectivity index (χ4n) is 4.26. The average Bonchev–Trinajstić information content (AvgIpc) is 3.18. The van der Waals surface area contributed by atoms with E-state index in [0.717, 1.165) is 17.4 Å². The molecule has 0 saturated carbocycles. The number of aryl methyl sites for hydroxylation is 2. The summed E-state index contributed by atoms with van der Waals surface area (Å²) in [6.07, 6.45) is 1.85. The second kappa shape index (κ2) is 7.40. The lowest BCUT2D eigenvalue weighted by atomic mass is 9.97. The van der Waals surface area contributed by atoms with Crippen molar-refractivity contribution in [2.24, 2.45) is 0 Å². The summed E-state index contributed by atoms with van der Waals surface area (Å²) >= 11 is 5.66. The van der Waals surface area contributed by atoms with Gasteiger partial charge in [0.15, 0.2) is 5.11 Å². The van der Waals surface area contributed by atoms with Crippen LogP contribution < -0.4 is 5.32 Å². The van der Waals surface area contributed by atoms with Crippen molar-refractivity contribution in [3.8, 4) is 5.69 Å². The van der Waals surface area contributed by atoms with E-state index in [2.05, 4.69) is 83.9 Å². The highest BCUT2D eigenvalue weighted by Crippen LogP contribution is 2.41. The molecule has 2 atom stereocenters. The van der Waals surface area contributed by atoms with E-state index in [9.17, 15) is 0 Å². The molecule has 1 saturated heterocycles. The monoisotopic (exact) mass is 390 g/mol. The van der Waals surface area contributed by atoms with Gasteiger partial charge in [0.1, 0.15) is 0 Å². The number of rotatable bonds is 4. The molecule has 1 fully saturated rings. The number of thiocarbonyl (C=S) groups is 1. The molecule has 28 heavy (non-hydrogen) atoms. The van der Waals surface area contributed by atoms with E-state index in [-0.39, 0.29) is 12.1 Å². The Bertz CT molecular complexity index is 991. The molecule has 0 amide bonds. The van der Waals surface area contributed by atoms with Gasteiger partial charge in [0.2, 0.25) is 0 Å². The Morgan fingerprint density at radius 2 is 1.82 bits per heavy atom. The highest BCUT2D eigenvalue weighted by atomic mass is 32.1. The van der Waals surface area contributed by atoms with Crippen molar-refractivity contribution >= 4 is 17.3 Å². The summed E-state index contributed by atoms with van der Waals surface area (Å²) in [7, 11) is 0. The van der Waals surface area contributed by atoms with Gasteiger partial charge < -0.3 is 14.8 Å². The number of likely N-dealkylation sites (N-methyl/N-ethyl adjacent to an activating group) is 1. The van der Waals surface area contributed by atoms with Crippen LogP contribution in [0.4, 0.5) is 0 Å². The Hall–Kier alpha value is -2.66. The van der Waals surface area contributed by atoms with Crippen LogP contribution >= 0.6 is 12.2 Å². The molecule has 0 bridgehead atoms. The van der Waals surface area contributed by atoms with E-state index in [4.69, 9.17) is 12.2 Å². The lowest BCUT2D eigenvalue weighted by Crippen LogP contribution is -2.29. The fourth-order valence-corrected chi connectivity index (χ4v) is 4.63. The lowest BCUT2D eigenvalue weighted by molar-refractivity contribution is 0.329. The molecular weight excluding hydrogens is 364 g/mol. The van der Waals surface area contributed by atoms with E-state index >= 15 is 0 Å². The molecule has 1 aromatic carbocycles. The second-order valence-electron chi connectivity index (χ2n) is 7.41. The Morgan fingerprint density at radius 3 is 2.46 bits per heavy atom. The van der Waals surface area contributed by atoms with Crippen LogP contribution in [0.25, 0.3) is 5.69 Å². The summed E-state index contributed by atoms with van der Waals surface area (Å²) in [6.45, 7) is 9.50. The maximum atomic E-state index is 5.66. The van der Waals surface area contributed by atoms with E-state index in [1.54, 1.807) is 0 Å². The minimum absolute atomic E-state index is 0.0422. The van der Waals surface area contributed by atoms with Crippen LogP contribution in [0.2, 0.25) is 0 Å². The highest BCUT2D eigenvalue weighted by molar-refractivity contribution is 7.80. The first-order chi connectivity index (χ1) is 13.5. The van der Waals surface area contributed by atoms with Crippen LogP contribution in [-0.4, -0.2) is 26.1 Å². The number of hydrogen-bond donors (Lipinski definition) is 1. The van der Waals surface area contributed by atoms with Gasteiger partial charge in [0, 0.05) is 29.8 Å². The number of nitrogens with zero attached hydrogens (tertiary/aromatic N) is 3. The van der Waals surface area contributed by atoms with Gasteiger partial charge in [-0.25, -0.2) is 0 Å². The highest BCUT2D eigenvalue weighted by Gasteiger charge is 2.40. The standard InChI is InChI=1S/C23H26N4S/c1-5-26-22(21(25-23(26)28)20-8-6-7-13-24-20)19-14-16(3)27(17(19)4)18-11-9-15(2)10-12-18/h6-14,21-22H,5H2,1-4H3,(H,25,28)/t21-,22+/m1/s1. The molecule has 0 spiro atoms. The topological polar surface area (TPSA) is 33.1 Å². The predicted molar refractivity (Wildman–Crippen MR) is 118 cm³/mol. The Kier molecular flexibility index (Phi) is 4.94. The van der Waals surface area contributed by atoms with Crippen molar-refractivity contribution < 1.29 is 0 Å². The van der Waals surface area contributed by atoms with E-state index in [0.29, 0.717) is 0 Å². The smallest absolute Gasteiger partial charge is 0.170 e. The molecule has 3 aromatic rings. The zero-order valence-electron chi connectivity index (χ0n) is 16.8. The Labute approximate surface area is 172 Å². The van der Waals surface area contributed by atoms with Crippen molar-refractivity contribution in [1.82, 2.24) is 19.8 Å².